The summed E-state index contributed by atoms with van der Waals surface area (Å²) >= 11 is 1.46. The molecule has 0 aliphatic carbocycles. The van der Waals surface area contributed by atoms with E-state index >= 15 is 0 Å². The molecule has 6 heteroatoms. The smallest absolute Gasteiger partial charge is 0.322 e. The Balaban J connectivity index is 2.03. The fraction of sp³-hybridized carbons (Fsp3) is 0.267. The minimum Gasteiger partial charge on any atom is -0.456 e. The number of hydrogen-bond donors (Lipinski definition) is 0. The molecule has 21 heavy (non-hydrogen) atoms. The third kappa shape index (κ3) is 4.15. The van der Waals surface area contributed by atoms with Crippen LogP contribution in [-0.2, 0) is 19.4 Å². The van der Waals surface area contributed by atoms with Gasteiger partial charge in [-0.3, -0.25) is 4.79 Å². The monoisotopic (exact) mass is 324 g/mol. The maximum Gasteiger partial charge on any atom is 0.322 e. The number of benzene rings is 1. The Morgan fingerprint density at radius 1 is 1.24 bits per heavy atom. The van der Waals surface area contributed by atoms with Crippen LogP contribution >= 0.6 is 11.3 Å². The number of hydrogen-bond acceptors (Lipinski definition) is 5. The Morgan fingerprint density at radius 2 is 1.90 bits per heavy atom. The van der Waals surface area contributed by atoms with Crippen LogP contribution < -0.4 is 0 Å². The first-order valence-corrected chi connectivity index (χ1v) is 8.94. The molecule has 112 valence electrons. The molecule has 0 saturated carbocycles. The predicted molar refractivity (Wildman–Crippen MR) is 82.1 cm³/mol. The van der Waals surface area contributed by atoms with Crippen LogP contribution in [0.15, 0.2) is 46.7 Å². The second-order valence-corrected chi connectivity index (χ2v) is 7.69. The molecule has 0 radical (unpaired) electrons. The summed E-state index contributed by atoms with van der Waals surface area (Å²) in [5.41, 5.74) is 0.961. The number of carbonyl (C=O) groups is 1. The van der Waals surface area contributed by atoms with Crippen molar-refractivity contribution in [3.63, 3.8) is 0 Å². The van der Waals surface area contributed by atoms with Crippen molar-refractivity contribution in [3.8, 4) is 0 Å². The lowest BCUT2D eigenvalue weighted by atomic mass is 10.2. The number of carbonyl (C=O) groups excluding carboxylic acids is 1. The van der Waals surface area contributed by atoms with E-state index in [1.807, 2.05) is 24.4 Å². The van der Waals surface area contributed by atoms with Crippen LogP contribution in [0.25, 0.3) is 0 Å². The summed E-state index contributed by atoms with van der Waals surface area (Å²) in [6.45, 7) is 3.59. The summed E-state index contributed by atoms with van der Waals surface area (Å²) in [7, 11) is -3.66. The highest BCUT2D eigenvalue weighted by Crippen LogP contribution is 2.22. The van der Waals surface area contributed by atoms with Gasteiger partial charge in [0.2, 0.25) is 0 Å². The first kappa shape index (κ1) is 15.7. The average Bonchev–Trinajstić information content (AvgIpc) is 2.92. The highest BCUT2D eigenvalue weighted by molar-refractivity contribution is 7.92. The van der Waals surface area contributed by atoms with E-state index in [4.69, 9.17) is 4.74 Å². The van der Waals surface area contributed by atoms with Gasteiger partial charge in [-0.1, -0.05) is 23.8 Å². The van der Waals surface area contributed by atoms with Crippen molar-refractivity contribution in [2.24, 2.45) is 0 Å². The summed E-state index contributed by atoms with van der Waals surface area (Å²) in [5, 5.41) is 1.88. The van der Waals surface area contributed by atoms with Gasteiger partial charge < -0.3 is 4.74 Å². The topological polar surface area (TPSA) is 60.4 Å². The van der Waals surface area contributed by atoms with Crippen LogP contribution in [0, 0.1) is 6.92 Å². The van der Waals surface area contributed by atoms with Crippen LogP contribution in [0.4, 0.5) is 0 Å². The van der Waals surface area contributed by atoms with Crippen LogP contribution in [0.3, 0.4) is 0 Å². The molecule has 0 fully saturated rings. The number of rotatable bonds is 5. The molecule has 0 amide bonds. The van der Waals surface area contributed by atoms with Crippen LogP contribution in [0.2, 0.25) is 0 Å². The van der Waals surface area contributed by atoms with E-state index in [0.717, 1.165) is 10.4 Å². The standard InChI is InChI=1S/C15H16O4S2/c1-11-5-7-13(8-6-11)21(17,18)10-15(16)19-12(2)14-4-3-9-20-14/h3-9,12H,10H2,1-2H3. The second kappa shape index (κ2) is 6.41. The molecule has 0 bridgehead atoms. The minimum absolute atomic E-state index is 0.133. The zero-order valence-corrected chi connectivity index (χ0v) is 13.4. The fourth-order valence-corrected chi connectivity index (χ4v) is 3.60. The fourth-order valence-electron chi connectivity index (χ4n) is 1.80. The largest absolute Gasteiger partial charge is 0.456 e. The van der Waals surface area contributed by atoms with Gasteiger partial charge in [0.15, 0.2) is 15.6 Å². The van der Waals surface area contributed by atoms with E-state index in [0.29, 0.717) is 0 Å². The SMILES string of the molecule is Cc1ccc(S(=O)(=O)CC(=O)OC(C)c2cccs2)cc1. The third-order valence-electron chi connectivity index (χ3n) is 2.94. The highest BCUT2D eigenvalue weighted by Gasteiger charge is 2.22. The van der Waals surface area contributed by atoms with Crippen molar-refractivity contribution >= 4 is 27.1 Å². The van der Waals surface area contributed by atoms with E-state index in [-0.39, 0.29) is 4.90 Å². The van der Waals surface area contributed by atoms with Gasteiger partial charge in [-0.05, 0) is 37.4 Å². The normalized spacial score (nSPS) is 12.9. The molecule has 4 nitrogen and oxygen atoms in total. The Morgan fingerprint density at radius 3 is 2.48 bits per heavy atom. The summed E-state index contributed by atoms with van der Waals surface area (Å²) in [6.07, 6.45) is -0.439. The molecule has 0 saturated heterocycles. The molecule has 2 aromatic rings. The van der Waals surface area contributed by atoms with E-state index in [1.165, 1.54) is 23.5 Å². The zero-order chi connectivity index (χ0) is 15.5. The first-order chi connectivity index (χ1) is 9.88. The van der Waals surface area contributed by atoms with E-state index in [1.54, 1.807) is 19.1 Å². The number of esters is 1. The Hall–Kier alpha value is -1.66. The number of aryl methyl sites for hydroxylation is 1. The molecule has 1 heterocycles. The molecule has 1 aromatic carbocycles. The molecule has 1 atom stereocenters. The zero-order valence-electron chi connectivity index (χ0n) is 11.8. The van der Waals surface area contributed by atoms with Gasteiger partial charge in [-0.2, -0.15) is 0 Å². The van der Waals surface area contributed by atoms with Crippen molar-refractivity contribution < 1.29 is 17.9 Å². The average molecular weight is 324 g/mol. The Bertz CT molecular complexity index is 701. The molecule has 1 unspecified atom stereocenters. The Labute approximate surface area is 128 Å². The quantitative estimate of drug-likeness (QED) is 0.793. The maximum atomic E-state index is 12.1. The van der Waals surface area contributed by atoms with Crippen LogP contribution in [0.1, 0.15) is 23.5 Å². The summed E-state index contributed by atoms with van der Waals surface area (Å²) in [6, 6.07) is 10.1. The summed E-state index contributed by atoms with van der Waals surface area (Å²) in [4.78, 5) is 12.8. The summed E-state index contributed by atoms with van der Waals surface area (Å²) < 4.78 is 29.4. The number of sulfone groups is 1. The van der Waals surface area contributed by atoms with Gasteiger partial charge in [0.25, 0.3) is 0 Å². The minimum atomic E-state index is -3.66. The van der Waals surface area contributed by atoms with E-state index < -0.39 is 27.7 Å². The van der Waals surface area contributed by atoms with Gasteiger partial charge >= 0.3 is 5.97 Å². The van der Waals surface area contributed by atoms with Crippen molar-refractivity contribution in [2.75, 3.05) is 5.75 Å². The molecule has 1 aromatic heterocycles. The second-order valence-electron chi connectivity index (χ2n) is 4.72. The lowest BCUT2D eigenvalue weighted by molar-refractivity contribution is -0.145. The third-order valence-corrected chi connectivity index (χ3v) is 5.58. The molecular formula is C15H16O4S2. The van der Waals surface area contributed by atoms with Crippen molar-refractivity contribution in [3.05, 3.63) is 52.2 Å². The lowest BCUT2D eigenvalue weighted by Gasteiger charge is -2.11. The highest BCUT2D eigenvalue weighted by atomic mass is 32.2. The van der Waals surface area contributed by atoms with Crippen LogP contribution in [-0.4, -0.2) is 20.1 Å². The summed E-state index contributed by atoms with van der Waals surface area (Å²) in [5.74, 6) is -1.39. The molecule has 0 aliphatic rings. The predicted octanol–water partition coefficient (Wildman–Crippen LogP) is 3.13. The molecule has 0 N–H and O–H groups in total. The Kier molecular flexibility index (Phi) is 4.80. The van der Waals surface area contributed by atoms with Crippen LogP contribution in [0.5, 0.6) is 0 Å². The lowest BCUT2D eigenvalue weighted by Crippen LogP contribution is -2.20. The molecular weight excluding hydrogens is 308 g/mol. The van der Waals surface area contributed by atoms with E-state index in [2.05, 4.69) is 0 Å². The van der Waals surface area contributed by atoms with Gasteiger partial charge in [-0.15, -0.1) is 11.3 Å². The van der Waals surface area contributed by atoms with Crippen molar-refractivity contribution in [2.45, 2.75) is 24.8 Å². The van der Waals surface area contributed by atoms with Crippen molar-refractivity contribution in [1.82, 2.24) is 0 Å². The molecule has 0 spiro atoms. The van der Waals surface area contributed by atoms with Gasteiger partial charge in [0.05, 0.1) is 4.90 Å². The van der Waals surface area contributed by atoms with E-state index in [9.17, 15) is 13.2 Å². The number of ether oxygens (including phenoxy) is 1. The van der Waals surface area contributed by atoms with Gasteiger partial charge in [0, 0.05) is 4.88 Å². The number of thiophene rings is 1. The van der Waals surface area contributed by atoms with Gasteiger partial charge in [-0.25, -0.2) is 8.42 Å². The van der Waals surface area contributed by atoms with Gasteiger partial charge in [0.1, 0.15) is 6.10 Å². The first-order valence-electron chi connectivity index (χ1n) is 6.41. The molecule has 2 rings (SSSR count). The maximum absolute atomic E-state index is 12.1. The van der Waals surface area contributed by atoms with Crippen molar-refractivity contribution in [1.29, 1.82) is 0 Å². The molecule has 0 aliphatic heterocycles.